The van der Waals surface area contributed by atoms with Gasteiger partial charge in [-0.2, -0.15) is 25.3 Å². The predicted octanol–water partition coefficient (Wildman–Crippen LogP) is 2.35. The SMILES string of the molecule is O=C1CCc2ccccc2C(Cc2ccc(N3CC(=O)NS3(=O)=O)c(O)c2)N1.O=C1CN(c2ccc(CC3C(=O)NCCc4ccccc43)cc2O)S(=O)(=O)N1.O=C1CN(c2ccc(C[C@H]3CCc4ccccc4C(=O)N3)cc2O)S(=O)(=O)N1. The maximum atomic E-state index is 12.6. The van der Waals surface area contributed by atoms with Crippen molar-refractivity contribution >= 4 is 83.1 Å². The van der Waals surface area contributed by atoms with Crippen molar-refractivity contribution in [2.24, 2.45) is 0 Å². The van der Waals surface area contributed by atoms with Gasteiger partial charge in [0.25, 0.3) is 23.6 Å². The Hall–Kier alpha value is -9.21. The second-order valence-electron chi connectivity index (χ2n) is 20.7. The molecule has 3 saturated heterocycles. The van der Waals surface area contributed by atoms with Crippen LogP contribution in [0.1, 0.15) is 79.7 Å². The Morgan fingerprint density at radius 3 is 1.40 bits per heavy atom. The standard InChI is InChI=1S/3C19H19N3O5S/c23-17-10-12(5-8-16(17)22-11-18(24)21-28(22,26)27)9-14-7-6-13-3-1-2-4-15(13)19(25)20-14;23-17-10-12(5-7-16(17)22-11-19(25)21-28(22,26)27)9-15-14-4-2-1-3-13(14)6-8-18(24)20-15;23-17-10-12(5-6-16(17)22-11-18(24)21-28(22,26)27)9-15-14-4-2-1-3-13(14)7-8-20-19(15)25/h1-5,8,10,14,23H,6-7,9,11H2,(H,20,25)(H,21,24);1-5,7,10,15,23H,6,8-9,11H2,(H,20,24)(H,21,25);1-6,10,15,23H,7-9,11H2,(H,20,25)(H,21,24)/t14-;;/m1../s1. The number of nitrogens with one attached hydrogen (secondary N) is 6. The van der Waals surface area contributed by atoms with Gasteiger partial charge in [0, 0.05) is 24.6 Å². The van der Waals surface area contributed by atoms with Crippen LogP contribution in [0.25, 0.3) is 0 Å². The molecule has 6 amide bonds. The number of carbonyl (C=O) groups excluding carboxylic acids is 6. The molecular formula is C57H57N9O15S3. The van der Waals surface area contributed by atoms with Crippen molar-refractivity contribution in [1.82, 2.24) is 30.1 Å². The highest BCUT2D eigenvalue weighted by Crippen LogP contribution is 2.37. The van der Waals surface area contributed by atoms with Gasteiger partial charge in [0.15, 0.2) is 0 Å². The first kappa shape index (κ1) is 58.0. The second kappa shape index (κ2) is 23.6. The van der Waals surface area contributed by atoms with Crippen molar-refractivity contribution in [3.8, 4) is 17.2 Å². The zero-order valence-electron chi connectivity index (χ0n) is 44.6. The molecule has 6 aliphatic rings. The van der Waals surface area contributed by atoms with E-state index >= 15 is 0 Å². The van der Waals surface area contributed by atoms with Crippen LogP contribution in [0.4, 0.5) is 17.1 Å². The zero-order valence-corrected chi connectivity index (χ0v) is 47.1. The van der Waals surface area contributed by atoms with Crippen molar-refractivity contribution in [3.05, 3.63) is 177 Å². The normalized spacial score (nSPS) is 20.9. The molecule has 0 aliphatic carbocycles. The fraction of sp³-hybridized carbons (Fsp3) is 0.263. The molecule has 6 aromatic rings. The van der Waals surface area contributed by atoms with E-state index in [4.69, 9.17) is 0 Å². The Kier molecular flexibility index (Phi) is 16.3. The van der Waals surface area contributed by atoms with E-state index < -0.39 is 54.3 Å². The highest BCUT2D eigenvalue weighted by molar-refractivity contribution is 7.92. The largest absolute Gasteiger partial charge is 0.506 e. The highest BCUT2D eigenvalue weighted by Gasteiger charge is 2.38. The molecule has 0 radical (unpaired) electrons. The molecule has 2 unspecified atom stereocenters. The summed E-state index contributed by atoms with van der Waals surface area (Å²) in [5.41, 5.74) is 8.18. The van der Waals surface area contributed by atoms with E-state index in [0.717, 1.165) is 71.1 Å². The van der Waals surface area contributed by atoms with E-state index in [2.05, 4.69) is 16.0 Å². The van der Waals surface area contributed by atoms with Gasteiger partial charge >= 0.3 is 30.6 Å². The summed E-state index contributed by atoms with van der Waals surface area (Å²) < 4.78 is 79.9. The second-order valence-corrected chi connectivity index (χ2v) is 25.5. The third-order valence-corrected chi connectivity index (χ3v) is 19.1. The molecule has 9 N–H and O–H groups in total. The van der Waals surface area contributed by atoms with E-state index in [1.54, 1.807) is 24.3 Å². The van der Waals surface area contributed by atoms with Crippen LogP contribution in [-0.4, -0.2) is 108 Å². The van der Waals surface area contributed by atoms with Crippen LogP contribution >= 0.6 is 0 Å². The lowest BCUT2D eigenvalue weighted by atomic mass is 9.88. The summed E-state index contributed by atoms with van der Waals surface area (Å²) in [6.45, 7) is -0.550. The number of hydrogen-bond donors (Lipinski definition) is 9. The van der Waals surface area contributed by atoms with Crippen LogP contribution in [-0.2, 0) is 93.1 Å². The average molecular weight is 1200 g/mol. The number of aromatic hydroxyl groups is 3. The van der Waals surface area contributed by atoms with Gasteiger partial charge in [0.05, 0.1) is 29.0 Å². The van der Waals surface area contributed by atoms with E-state index in [9.17, 15) is 69.3 Å². The van der Waals surface area contributed by atoms with Crippen molar-refractivity contribution in [3.63, 3.8) is 0 Å². The van der Waals surface area contributed by atoms with E-state index in [1.165, 1.54) is 36.4 Å². The van der Waals surface area contributed by atoms with Crippen molar-refractivity contribution < 1.29 is 69.3 Å². The maximum Gasteiger partial charge on any atom is 0.326 e. The molecule has 27 heteroatoms. The van der Waals surface area contributed by atoms with Gasteiger partial charge in [-0.05, 0) is 132 Å². The monoisotopic (exact) mass is 1200 g/mol. The van der Waals surface area contributed by atoms with E-state index in [1.807, 2.05) is 80.9 Å². The van der Waals surface area contributed by atoms with Gasteiger partial charge in [-0.3, -0.25) is 28.8 Å². The first-order chi connectivity index (χ1) is 40.0. The van der Waals surface area contributed by atoms with Crippen LogP contribution in [0.2, 0.25) is 0 Å². The third kappa shape index (κ3) is 12.7. The Bertz CT molecular complexity index is 4010. The number of nitrogens with zero attached hydrogens (tertiary/aromatic N) is 3. The summed E-state index contributed by atoms with van der Waals surface area (Å²) in [5.74, 6) is -3.33. The van der Waals surface area contributed by atoms with Crippen molar-refractivity contribution in [2.45, 2.75) is 69.4 Å². The number of phenols is 3. The lowest BCUT2D eigenvalue weighted by molar-refractivity contribution is -0.122. The molecule has 6 aromatic carbocycles. The number of benzene rings is 6. The first-order valence-corrected chi connectivity index (χ1v) is 30.9. The Morgan fingerprint density at radius 1 is 0.452 bits per heavy atom. The summed E-state index contributed by atoms with van der Waals surface area (Å²) in [7, 11) is -12.0. The number of rotatable bonds is 9. The number of anilines is 3. The number of carbonyl (C=O) groups is 6. The molecule has 438 valence electrons. The zero-order chi connectivity index (χ0) is 59.7. The van der Waals surface area contributed by atoms with Crippen LogP contribution < -0.4 is 43.0 Å². The Morgan fingerprint density at radius 2 is 0.905 bits per heavy atom. The fourth-order valence-electron chi connectivity index (χ4n) is 11.0. The molecule has 84 heavy (non-hydrogen) atoms. The number of amides is 6. The van der Waals surface area contributed by atoms with Crippen LogP contribution in [0.3, 0.4) is 0 Å². The lowest BCUT2D eigenvalue weighted by Crippen LogP contribution is -2.35. The quantitative estimate of drug-likeness (QED) is 0.100. The van der Waals surface area contributed by atoms with Gasteiger partial charge in [0.2, 0.25) is 11.8 Å². The highest BCUT2D eigenvalue weighted by atomic mass is 32.2. The molecule has 6 aliphatic heterocycles. The molecule has 3 atom stereocenters. The lowest BCUT2D eigenvalue weighted by Gasteiger charge is -2.20. The minimum atomic E-state index is -4.00. The average Bonchev–Trinajstić information content (AvgIpc) is 2.60. The fourth-order valence-corrected chi connectivity index (χ4v) is 14.5. The summed E-state index contributed by atoms with van der Waals surface area (Å²) in [4.78, 5) is 71.3. The van der Waals surface area contributed by atoms with Crippen LogP contribution in [0.5, 0.6) is 17.2 Å². The van der Waals surface area contributed by atoms with E-state index in [0.29, 0.717) is 49.8 Å². The van der Waals surface area contributed by atoms with Gasteiger partial charge in [-0.25, -0.2) is 27.1 Å². The number of hydrogen-bond acceptors (Lipinski definition) is 15. The molecule has 0 aromatic heterocycles. The molecule has 0 spiro atoms. The Labute approximate surface area is 483 Å². The molecule has 6 heterocycles. The van der Waals surface area contributed by atoms with Gasteiger partial charge in [-0.15, -0.1) is 0 Å². The molecule has 0 bridgehead atoms. The smallest absolute Gasteiger partial charge is 0.326 e. The minimum Gasteiger partial charge on any atom is -0.506 e. The molecule has 0 saturated carbocycles. The predicted molar refractivity (Wildman–Crippen MR) is 306 cm³/mol. The first-order valence-electron chi connectivity index (χ1n) is 26.6. The van der Waals surface area contributed by atoms with Crippen molar-refractivity contribution in [1.29, 1.82) is 0 Å². The minimum absolute atomic E-state index is 0.0211. The Balaban J connectivity index is 0.000000140. The maximum absolute atomic E-state index is 12.6. The summed E-state index contributed by atoms with van der Waals surface area (Å²) in [6, 6.07) is 36.6. The summed E-state index contributed by atoms with van der Waals surface area (Å²) >= 11 is 0. The summed E-state index contributed by atoms with van der Waals surface area (Å²) in [6.07, 6.45) is 4.69. The van der Waals surface area contributed by atoms with Crippen LogP contribution in [0.15, 0.2) is 127 Å². The van der Waals surface area contributed by atoms with E-state index in [-0.39, 0.29) is 83.8 Å². The number of fused-ring (bicyclic) bond motifs is 3. The molecule has 3 fully saturated rings. The van der Waals surface area contributed by atoms with Gasteiger partial charge < -0.3 is 31.3 Å². The van der Waals surface area contributed by atoms with Gasteiger partial charge in [-0.1, -0.05) is 84.9 Å². The number of phenolic OH excluding ortho intramolecular Hbond substituents is 3. The molecular weight excluding hydrogens is 1150 g/mol. The van der Waals surface area contributed by atoms with Crippen LogP contribution in [0, 0.1) is 0 Å². The number of aryl methyl sites for hydroxylation is 2. The topological polar surface area (TPSA) is 347 Å². The van der Waals surface area contributed by atoms with Crippen molar-refractivity contribution in [2.75, 3.05) is 39.1 Å². The third-order valence-electron chi connectivity index (χ3n) is 14.9. The molecule has 12 rings (SSSR count). The van der Waals surface area contributed by atoms with Gasteiger partial charge in [0.1, 0.15) is 36.9 Å². The summed E-state index contributed by atoms with van der Waals surface area (Å²) in [5, 5.41) is 40.0. The molecule has 24 nitrogen and oxygen atoms in total.